The number of hydrogen-bond acceptors (Lipinski definition) is 7. The maximum atomic E-state index is 10.4. The molecule has 0 saturated carbocycles. The lowest BCUT2D eigenvalue weighted by Gasteiger charge is -2.04. The highest BCUT2D eigenvalue weighted by molar-refractivity contribution is 5.32. The maximum Gasteiger partial charge on any atom is 0.269 e. The van der Waals surface area contributed by atoms with Gasteiger partial charge in [0.2, 0.25) is 5.95 Å². The van der Waals surface area contributed by atoms with E-state index in [4.69, 9.17) is 4.74 Å². The fraction of sp³-hybridized carbons (Fsp3) is 0.222. The number of nitro benzene ring substituents is 1. The highest BCUT2D eigenvalue weighted by Crippen LogP contribution is 2.12. The molecule has 0 atom stereocenters. The molecule has 0 saturated heterocycles. The summed E-state index contributed by atoms with van der Waals surface area (Å²) in [5, 5.41) is 26.1. The van der Waals surface area contributed by atoms with E-state index >= 15 is 0 Å². The van der Waals surface area contributed by atoms with Gasteiger partial charge in [0.05, 0.1) is 11.5 Å². The fourth-order valence-electron chi connectivity index (χ4n) is 1.24. The molecule has 9 nitrogen and oxygen atoms in total. The topological polar surface area (TPSA) is 119 Å². The minimum Gasteiger partial charge on any atom is -0.357 e. The molecule has 0 aliphatic heterocycles. The Morgan fingerprint density at radius 3 is 2.78 bits per heavy atom. The van der Waals surface area contributed by atoms with Gasteiger partial charge >= 0.3 is 0 Å². The van der Waals surface area contributed by atoms with Crippen molar-refractivity contribution in [3.8, 4) is 0 Å². The molecule has 0 amide bonds. The molecule has 0 unspecified atom stereocenters. The average Bonchev–Trinajstić information content (AvgIpc) is 2.88. The zero-order valence-corrected chi connectivity index (χ0v) is 9.24. The fourth-order valence-corrected chi connectivity index (χ4v) is 1.24. The van der Waals surface area contributed by atoms with Crippen molar-refractivity contribution < 1.29 is 9.66 Å². The van der Waals surface area contributed by atoms with E-state index in [-0.39, 0.29) is 12.4 Å². The Bertz CT molecular complexity index is 498. The summed E-state index contributed by atoms with van der Waals surface area (Å²) in [6.45, 7) is 0.570. The van der Waals surface area contributed by atoms with Gasteiger partial charge in [-0.1, -0.05) is 5.10 Å². The summed E-state index contributed by atoms with van der Waals surface area (Å²) in [6.07, 6.45) is 0. The summed E-state index contributed by atoms with van der Waals surface area (Å²) >= 11 is 0. The summed E-state index contributed by atoms with van der Waals surface area (Å²) in [5.74, 6) is 0.415. The minimum atomic E-state index is -0.441. The van der Waals surface area contributed by atoms with Gasteiger partial charge < -0.3 is 10.1 Å². The Morgan fingerprint density at radius 1 is 1.39 bits per heavy atom. The minimum absolute atomic E-state index is 0.0598. The molecule has 0 aliphatic carbocycles. The van der Waals surface area contributed by atoms with Gasteiger partial charge in [-0.15, -0.1) is 0 Å². The number of aromatic amines is 1. The van der Waals surface area contributed by atoms with E-state index < -0.39 is 4.92 Å². The van der Waals surface area contributed by atoms with E-state index in [1.54, 1.807) is 12.1 Å². The predicted molar refractivity (Wildman–Crippen MR) is 60.6 cm³/mol. The van der Waals surface area contributed by atoms with Crippen LogP contribution in [0.3, 0.4) is 0 Å². The molecular weight excluding hydrogens is 240 g/mol. The van der Waals surface area contributed by atoms with Crippen molar-refractivity contribution in [2.45, 2.75) is 6.61 Å². The molecule has 9 heteroatoms. The van der Waals surface area contributed by atoms with Crippen LogP contribution in [0.2, 0.25) is 0 Å². The third-order valence-electron chi connectivity index (χ3n) is 2.10. The van der Waals surface area contributed by atoms with Crippen LogP contribution in [0.5, 0.6) is 0 Å². The van der Waals surface area contributed by atoms with Gasteiger partial charge in [-0.25, -0.2) is 5.10 Å². The second-order valence-electron chi connectivity index (χ2n) is 3.34. The third kappa shape index (κ3) is 3.22. The summed E-state index contributed by atoms with van der Waals surface area (Å²) in [4.78, 5) is 10.0. The van der Waals surface area contributed by atoms with Crippen LogP contribution in [0, 0.1) is 10.1 Å². The van der Waals surface area contributed by atoms with E-state index in [2.05, 4.69) is 25.9 Å². The smallest absolute Gasteiger partial charge is 0.269 e. The molecule has 1 heterocycles. The van der Waals surface area contributed by atoms with Crippen LogP contribution in [0.25, 0.3) is 0 Å². The summed E-state index contributed by atoms with van der Waals surface area (Å²) in [6, 6.07) is 6.17. The third-order valence-corrected chi connectivity index (χ3v) is 2.10. The van der Waals surface area contributed by atoms with E-state index in [1.165, 1.54) is 12.1 Å². The number of hydrogen-bond donors (Lipinski definition) is 2. The van der Waals surface area contributed by atoms with Crippen LogP contribution in [-0.4, -0.2) is 32.3 Å². The highest BCUT2D eigenvalue weighted by Gasteiger charge is 2.03. The van der Waals surface area contributed by atoms with Crippen molar-refractivity contribution in [2.75, 3.05) is 12.0 Å². The molecule has 2 N–H and O–H groups in total. The van der Waals surface area contributed by atoms with Crippen LogP contribution < -0.4 is 5.32 Å². The summed E-state index contributed by atoms with van der Waals surface area (Å²) < 4.78 is 5.30. The Labute approximate surface area is 101 Å². The average molecular weight is 250 g/mol. The van der Waals surface area contributed by atoms with Gasteiger partial charge in [0, 0.05) is 12.1 Å². The van der Waals surface area contributed by atoms with Crippen molar-refractivity contribution in [3.05, 3.63) is 39.9 Å². The Balaban J connectivity index is 1.75. The standard InChI is InChI=1S/C9H10N6O3/c16-15(17)8-3-1-7(2-4-8)5-18-6-10-9-11-13-14-12-9/h1-4H,5-6H2,(H2,10,11,12,13,14). The van der Waals surface area contributed by atoms with Crippen molar-refractivity contribution in [2.24, 2.45) is 0 Å². The molecule has 0 fully saturated rings. The number of nitro groups is 1. The van der Waals surface area contributed by atoms with Gasteiger partial charge in [0.15, 0.2) is 0 Å². The maximum absolute atomic E-state index is 10.4. The molecule has 2 aromatic rings. The first-order valence-corrected chi connectivity index (χ1v) is 5.04. The quantitative estimate of drug-likeness (QED) is 0.335. The molecule has 1 aromatic heterocycles. The van der Waals surface area contributed by atoms with Crippen LogP contribution in [-0.2, 0) is 11.3 Å². The van der Waals surface area contributed by atoms with Gasteiger partial charge in [-0.05, 0) is 28.1 Å². The zero-order valence-electron chi connectivity index (χ0n) is 9.24. The number of rotatable bonds is 6. The van der Waals surface area contributed by atoms with Crippen molar-refractivity contribution in [1.29, 1.82) is 0 Å². The van der Waals surface area contributed by atoms with E-state index in [0.29, 0.717) is 12.6 Å². The molecule has 0 aliphatic rings. The SMILES string of the molecule is O=[N+]([O-])c1ccc(COCNc2nnn[nH]2)cc1. The number of nitrogens with zero attached hydrogens (tertiary/aromatic N) is 4. The second kappa shape index (κ2) is 5.68. The van der Waals surface area contributed by atoms with Gasteiger partial charge in [-0.3, -0.25) is 10.1 Å². The lowest BCUT2D eigenvalue weighted by Crippen LogP contribution is -2.07. The number of nitrogens with one attached hydrogen (secondary N) is 2. The van der Waals surface area contributed by atoms with E-state index in [9.17, 15) is 10.1 Å². The van der Waals surface area contributed by atoms with E-state index in [1.807, 2.05) is 0 Å². The first kappa shape index (κ1) is 11.9. The first-order chi connectivity index (χ1) is 8.75. The lowest BCUT2D eigenvalue weighted by atomic mass is 10.2. The van der Waals surface area contributed by atoms with Gasteiger partial charge in [-0.2, -0.15) is 0 Å². The number of aromatic nitrogens is 4. The number of tetrazole rings is 1. The zero-order chi connectivity index (χ0) is 12.8. The van der Waals surface area contributed by atoms with Crippen molar-refractivity contribution >= 4 is 11.6 Å². The normalized spacial score (nSPS) is 10.2. The molecule has 94 valence electrons. The number of H-pyrrole nitrogens is 1. The Morgan fingerprint density at radius 2 is 2.17 bits per heavy atom. The monoisotopic (exact) mass is 250 g/mol. The molecule has 0 spiro atoms. The highest BCUT2D eigenvalue weighted by atomic mass is 16.6. The molecule has 0 radical (unpaired) electrons. The molecule has 2 rings (SSSR count). The van der Waals surface area contributed by atoms with Crippen LogP contribution in [0.15, 0.2) is 24.3 Å². The summed E-state index contributed by atoms with van der Waals surface area (Å²) in [5.41, 5.74) is 0.905. The van der Waals surface area contributed by atoms with Gasteiger partial charge in [0.1, 0.15) is 6.73 Å². The largest absolute Gasteiger partial charge is 0.357 e. The number of anilines is 1. The van der Waals surface area contributed by atoms with Crippen LogP contribution in [0.4, 0.5) is 11.6 Å². The number of benzene rings is 1. The lowest BCUT2D eigenvalue weighted by molar-refractivity contribution is -0.384. The molecule has 18 heavy (non-hydrogen) atoms. The summed E-state index contributed by atoms with van der Waals surface area (Å²) in [7, 11) is 0. The van der Waals surface area contributed by atoms with Crippen LogP contribution >= 0.6 is 0 Å². The second-order valence-corrected chi connectivity index (χ2v) is 3.34. The Hall–Kier alpha value is -2.55. The molecule has 0 bridgehead atoms. The van der Waals surface area contributed by atoms with E-state index in [0.717, 1.165) is 5.56 Å². The molecule has 1 aromatic carbocycles. The molecular formula is C9H10N6O3. The number of ether oxygens (including phenoxy) is 1. The van der Waals surface area contributed by atoms with Crippen molar-refractivity contribution in [1.82, 2.24) is 20.6 Å². The number of non-ortho nitro benzene ring substituents is 1. The predicted octanol–water partition coefficient (Wildman–Crippen LogP) is 0.694. The first-order valence-electron chi connectivity index (χ1n) is 5.04. The van der Waals surface area contributed by atoms with Gasteiger partial charge in [0.25, 0.3) is 5.69 Å². The van der Waals surface area contributed by atoms with Crippen LogP contribution in [0.1, 0.15) is 5.56 Å². The Kier molecular flexibility index (Phi) is 3.76. The van der Waals surface area contributed by atoms with Crippen molar-refractivity contribution in [3.63, 3.8) is 0 Å².